The summed E-state index contributed by atoms with van der Waals surface area (Å²) < 4.78 is 13.6. The van der Waals surface area contributed by atoms with Gasteiger partial charge in [0.15, 0.2) is 4.34 Å². The number of rotatable bonds is 3. The molecule has 84 valence electrons. The van der Waals surface area contributed by atoms with Crippen LogP contribution in [0.25, 0.3) is 10.2 Å². The lowest BCUT2D eigenvalue weighted by Gasteiger charge is -2.03. The highest BCUT2D eigenvalue weighted by molar-refractivity contribution is 7.87. The Morgan fingerprint density at radius 1 is 1.44 bits per heavy atom. The Balaban J connectivity index is 1.90. The summed E-state index contributed by atoms with van der Waals surface area (Å²) in [5, 5.41) is 9.72. The molecule has 16 heavy (non-hydrogen) atoms. The Bertz CT molecular complexity index is 527. The summed E-state index contributed by atoms with van der Waals surface area (Å²) in [5.41, 5.74) is 0.210. The molecule has 1 heterocycles. The van der Waals surface area contributed by atoms with E-state index in [4.69, 9.17) is 0 Å². The number of thiazole rings is 1. The zero-order valence-electron chi connectivity index (χ0n) is 8.55. The molecule has 0 amide bonds. The van der Waals surface area contributed by atoms with Crippen molar-refractivity contribution in [3.8, 4) is 0 Å². The molecule has 1 unspecified atom stereocenters. The van der Waals surface area contributed by atoms with Crippen molar-refractivity contribution in [2.24, 2.45) is 0 Å². The lowest BCUT2D eigenvalue weighted by molar-refractivity contribution is 0.176. The fourth-order valence-corrected chi connectivity index (χ4v) is 4.16. The molecule has 1 aromatic carbocycles. The maximum atomic E-state index is 12.0. The van der Waals surface area contributed by atoms with E-state index in [1.54, 1.807) is 0 Å². The van der Waals surface area contributed by atoms with Gasteiger partial charge in [-0.2, -0.15) is 0 Å². The Hall–Kier alpha value is -0.780. The van der Waals surface area contributed by atoms with Gasteiger partial charge in [-0.3, -0.25) is 4.21 Å². The van der Waals surface area contributed by atoms with Crippen LogP contribution in [0, 0.1) is 0 Å². The van der Waals surface area contributed by atoms with E-state index in [1.165, 1.54) is 11.3 Å². The van der Waals surface area contributed by atoms with Gasteiger partial charge in [0.25, 0.3) is 0 Å². The second kappa shape index (κ2) is 3.61. The Kier molecular flexibility index (Phi) is 2.34. The van der Waals surface area contributed by atoms with Crippen LogP contribution in [0.2, 0.25) is 0 Å². The largest absolute Gasteiger partial charge is 0.389 e. The highest BCUT2D eigenvalue weighted by Crippen LogP contribution is 2.37. The molecule has 0 aliphatic heterocycles. The van der Waals surface area contributed by atoms with E-state index in [2.05, 4.69) is 4.98 Å². The zero-order chi connectivity index (χ0) is 11.2. The molecule has 3 nitrogen and oxygen atoms in total. The number of benzene rings is 1. The van der Waals surface area contributed by atoms with E-state index in [0.717, 1.165) is 23.1 Å². The van der Waals surface area contributed by atoms with Crippen molar-refractivity contribution >= 4 is 32.4 Å². The Morgan fingerprint density at radius 3 is 2.88 bits per heavy atom. The molecule has 1 aliphatic carbocycles. The maximum Gasteiger partial charge on any atom is 0.181 e. The van der Waals surface area contributed by atoms with E-state index in [-0.39, 0.29) is 0 Å². The van der Waals surface area contributed by atoms with Crippen molar-refractivity contribution in [3.05, 3.63) is 24.3 Å². The van der Waals surface area contributed by atoms with E-state index < -0.39 is 16.4 Å². The number of nitrogens with zero attached hydrogens (tertiary/aromatic N) is 1. The maximum absolute atomic E-state index is 12.0. The van der Waals surface area contributed by atoms with Crippen LogP contribution in [0.3, 0.4) is 0 Å². The molecule has 0 radical (unpaired) electrons. The fraction of sp³-hybridized carbons (Fsp3) is 0.364. The molecule has 1 atom stereocenters. The van der Waals surface area contributed by atoms with E-state index in [1.807, 2.05) is 24.3 Å². The minimum absolute atomic E-state index is 0.326. The third-order valence-corrected chi connectivity index (χ3v) is 5.62. The molecule has 1 saturated carbocycles. The predicted octanol–water partition coefficient (Wildman–Crippen LogP) is 1.93. The van der Waals surface area contributed by atoms with Crippen LogP contribution in [0.5, 0.6) is 0 Å². The molecule has 0 saturated heterocycles. The normalized spacial score (nSPS) is 19.8. The van der Waals surface area contributed by atoms with Crippen LogP contribution in [-0.4, -0.2) is 25.7 Å². The summed E-state index contributed by atoms with van der Waals surface area (Å²) in [6, 6.07) is 7.75. The van der Waals surface area contributed by atoms with Gasteiger partial charge in [-0.1, -0.05) is 12.1 Å². The highest BCUT2D eigenvalue weighted by atomic mass is 32.2. The van der Waals surface area contributed by atoms with Gasteiger partial charge in [-0.25, -0.2) is 4.98 Å². The van der Waals surface area contributed by atoms with Gasteiger partial charge in [-0.05, 0) is 25.0 Å². The first-order valence-corrected chi connectivity index (χ1v) is 7.26. The van der Waals surface area contributed by atoms with Crippen molar-refractivity contribution in [1.82, 2.24) is 4.98 Å². The number of fused-ring (bicyclic) bond motifs is 1. The molecule has 1 aliphatic rings. The summed E-state index contributed by atoms with van der Waals surface area (Å²) in [4.78, 5) is 4.33. The lowest BCUT2D eigenvalue weighted by atomic mass is 10.3. The van der Waals surface area contributed by atoms with Crippen LogP contribution < -0.4 is 0 Å². The SMILES string of the molecule is O=S(CC1(O)CC1)c1nc2ccccc2s1. The molecule has 1 N–H and O–H groups in total. The van der Waals surface area contributed by atoms with Crippen molar-refractivity contribution in [1.29, 1.82) is 0 Å². The van der Waals surface area contributed by atoms with Crippen molar-refractivity contribution in [2.75, 3.05) is 5.75 Å². The summed E-state index contributed by atoms with van der Waals surface area (Å²) >= 11 is 1.45. The van der Waals surface area contributed by atoms with E-state index in [9.17, 15) is 9.32 Å². The zero-order valence-corrected chi connectivity index (χ0v) is 10.2. The number of para-hydroxylation sites is 1. The molecule has 2 aromatic rings. The van der Waals surface area contributed by atoms with Gasteiger partial charge in [0, 0.05) is 0 Å². The molecule has 1 aromatic heterocycles. The van der Waals surface area contributed by atoms with Crippen LogP contribution >= 0.6 is 11.3 Å². The molecule has 3 rings (SSSR count). The van der Waals surface area contributed by atoms with E-state index in [0.29, 0.717) is 10.1 Å². The molecule has 1 fully saturated rings. The minimum Gasteiger partial charge on any atom is -0.389 e. The standard InChI is InChI=1S/C11H11NO2S2/c13-11(5-6-11)7-16(14)10-12-8-3-1-2-4-9(8)15-10/h1-4,13H,5-7H2. The highest BCUT2D eigenvalue weighted by Gasteiger charge is 2.42. The second-order valence-corrected chi connectivity index (χ2v) is 6.82. The monoisotopic (exact) mass is 253 g/mol. The molecular formula is C11H11NO2S2. The average molecular weight is 253 g/mol. The predicted molar refractivity (Wildman–Crippen MR) is 65.1 cm³/mol. The molecule has 0 spiro atoms. The summed E-state index contributed by atoms with van der Waals surface area (Å²) in [5.74, 6) is 0.326. The van der Waals surface area contributed by atoms with E-state index >= 15 is 0 Å². The van der Waals surface area contributed by atoms with Gasteiger partial charge in [0.2, 0.25) is 0 Å². The molecule has 5 heteroatoms. The Labute approximate surface area is 99.6 Å². The first kappa shape index (κ1) is 10.4. The summed E-state index contributed by atoms with van der Waals surface area (Å²) in [6.45, 7) is 0. The average Bonchev–Trinajstić information content (AvgIpc) is 2.82. The number of hydrogen-bond donors (Lipinski definition) is 1. The van der Waals surface area contributed by atoms with Crippen molar-refractivity contribution < 1.29 is 9.32 Å². The summed E-state index contributed by atoms with van der Waals surface area (Å²) in [7, 11) is -1.17. The lowest BCUT2D eigenvalue weighted by Crippen LogP contribution is -2.17. The smallest absolute Gasteiger partial charge is 0.181 e. The number of hydrogen-bond acceptors (Lipinski definition) is 4. The quantitative estimate of drug-likeness (QED) is 0.909. The van der Waals surface area contributed by atoms with Crippen molar-refractivity contribution in [2.45, 2.75) is 22.8 Å². The van der Waals surface area contributed by atoms with Crippen LogP contribution in [0.1, 0.15) is 12.8 Å². The van der Waals surface area contributed by atoms with Crippen LogP contribution in [0.15, 0.2) is 28.6 Å². The fourth-order valence-electron chi connectivity index (χ4n) is 1.54. The number of aromatic nitrogens is 1. The topological polar surface area (TPSA) is 50.2 Å². The minimum atomic E-state index is -1.17. The van der Waals surface area contributed by atoms with Gasteiger partial charge < -0.3 is 5.11 Å². The van der Waals surface area contributed by atoms with Gasteiger partial charge in [0.05, 0.1) is 32.4 Å². The van der Waals surface area contributed by atoms with Gasteiger partial charge in [-0.15, -0.1) is 11.3 Å². The summed E-state index contributed by atoms with van der Waals surface area (Å²) in [6.07, 6.45) is 1.53. The second-order valence-electron chi connectivity index (χ2n) is 4.16. The Morgan fingerprint density at radius 2 is 2.19 bits per heavy atom. The third-order valence-electron chi connectivity index (χ3n) is 2.70. The van der Waals surface area contributed by atoms with Gasteiger partial charge >= 0.3 is 0 Å². The van der Waals surface area contributed by atoms with Crippen molar-refractivity contribution in [3.63, 3.8) is 0 Å². The van der Waals surface area contributed by atoms with Crippen LogP contribution in [0.4, 0.5) is 0 Å². The third kappa shape index (κ3) is 1.90. The first-order chi connectivity index (χ1) is 7.66. The first-order valence-electron chi connectivity index (χ1n) is 5.13. The van der Waals surface area contributed by atoms with Gasteiger partial charge in [0.1, 0.15) is 0 Å². The molecular weight excluding hydrogens is 242 g/mol. The molecule has 0 bridgehead atoms. The number of aliphatic hydroxyl groups is 1. The van der Waals surface area contributed by atoms with Crippen LogP contribution in [-0.2, 0) is 10.8 Å².